The molecule has 0 saturated heterocycles. The Kier molecular flexibility index (Phi) is 3.30. The fraction of sp³-hybridized carbons (Fsp3) is 0.875. The Bertz CT molecular complexity index is 418. The first-order valence-electron chi connectivity index (χ1n) is 7.84. The molecule has 0 heterocycles. The second-order valence-corrected chi connectivity index (χ2v) is 7.79. The summed E-state index contributed by atoms with van der Waals surface area (Å²) in [5, 5.41) is 18.4. The quantitative estimate of drug-likeness (QED) is 0.828. The van der Waals surface area contributed by atoms with E-state index in [-0.39, 0.29) is 10.8 Å². The van der Waals surface area contributed by atoms with Crippen LogP contribution in [0.1, 0.15) is 64.2 Å². The van der Waals surface area contributed by atoms with Crippen molar-refractivity contribution in [3.8, 4) is 0 Å². The van der Waals surface area contributed by atoms with Gasteiger partial charge in [0.15, 0.2) is 0 Å². The van der Waals surface area contributed by atoms with E-state index in [1.165, 1.54) is 0 Å². The van der Waals surface area contributed by atoms with Gasteiger partial charge in [-0.15, -0.1) is 0 Å². The van der Waals surface area contributed by atoms with Gasteiger partial charge >= 0.3 is 11.9 Å². The first kappa shape index (κ1) is 13.9. The maximum atomic E-state index is 11.2. The van der Waals surface area contributed by atoms with Gasteiger partial charge in [-0.25, -0.2) is 0 Å². The monoisotopic (exact) mass is 280 g/mol. The summed E-state index contributed by atoms with van der Waals surface area (Å²) < 4.78 is 0. The molecule has 0 aliphatic heterocycles. The molecule has 2 N–H and O–H groups in total. The van der Waals surface area contributed by atoms with Crippen LogP contribution in [0.15, 0.2) is 0 Å². The van der Waals surface area contributed by atoms with Gasteiger partial charge in [0.2, 0.25) is 0 Å². The molecule has 4 aliphatic carbocycles. The van der Waals surface area contributed by atoms with Crippen LogP contribution >= 0.6 is 0 Å². The Balaban J connectivity index is 1.77. The highest BCUT2D eigenvalue weighted by atomic mass is 16.4. The van der Waals surface area contributed by atoms with Crippen LogP contribution in [-0.2, 0) is 9.59 Å². The van der Waals surface area contributed by atoms with E-state index < -0.39 is 11.9 Å². The molecule has 0 spiro atoms. The number of carbonyl (C=O) groups is 2. The molecular formula is C16H24O4. The molecule has 4 bridgehead atoms. The third kappa shape index (κ3) is 2.57. The number of aliphatic carboxylic acids is 2. The summed E-state index contributed by atoms with van der Waals surface area (Å²) in [7, 11) is 0. The van der Waals surface area contributed by atoms with E-state index in [1.807, 2.05) is 0 Å². The molecule has 0 amide bonds. The van der Waals surface area contributed by atoms with Crippen molar-refractivity contribution in [2.75, 3.05) is 0 Å². The van der Waals surface area contributed by atoms with Gasteiger partial charge in [-0.1, -0.05) is 12.8 Å². The van der Waals surface area contributed by atoms with Crippen molar-refractivity contribution in [3.05, 3.63) is 0 Å². The molecule has 4 aliphatic rings. The van der Waals surface area contributed by atoms with Crippen molar-refractivity contribution < 1.29 is 19.8 Å². The smallest absolute Gasteiger partial charge is 0.303 e. The summed E-state index contributed by atoms with van der Waals surface area (Å²) in [5.41, 5.74) is 0.0448. The molecule has 0 aromatic rings. The fourth-order valence-corrected chi connectivity index (χ4v) is 5.73. The van der Waals surface area contributed by atoms with E-state index in [0.717, 1.165) is 51.4 Å². The van der Waals surface area contributed by atoms with Crippen LogP contribution in [0.25, 0.3) is 0 Å². The lowest BCUT2D eigenvalue weighted by molar-refractivity contribution is -0.148. The highest BCUT2D eigenvalue weighted by molar-refractivity contribution is 5.68. The predicted octanol–water partition coefficient (Wildman–Crippen LogP) is 3.30. The number of hydrogen-bond donors (Lipinski definition) is 2. The van der Waals surface area contributed by atoms with Crippen LogP contribution in [0.3, 0.4) is 0 Å². The normalized spacial score (nSPS) is 43.0. The van der Waals surface area contributed by atoms with Crippen LogP contribution in [-0.4, -0.2) is 22.2 Å². The average molecular weight is 280 g/mol. The molecule has 0 aromatic carbocycles. The van der Waals surface area contributed by atoms with E-state index in [0.29, 0.717) is 24.7 Å². The predicted molar refractivity (Wildman–Crippen MR) is 73.3 cm³/mol. The third-order valence-corrected chi connectivity index (χ3v) is 5.98. The van der Waals surface area contributed by atoms with E-state index in [1.54, 1.807) is 0 Å². The Morgan fingerprint density at radius 3 is 2.00 bits per heavy atom. The minimum atomic E-state index is -0.670. The lowest BCUT2D eigenvalue weighted by Crippen LogP contribution is -2.48. The fourth-order valence-electron chi connectivity index (χ4n) is 5.73. The van der Waals surface area contributed by atoms with Gasteiger partial charge in [0.05, 0.1) is 12.8 Å². The maximum absolute atomic E-state index is 11.2. The Labute approximate surface area is 119 Å². The summed E-state index contributed by atoms with van der Waals surface area (Å²) in [6.45, 7) is 0. The Morgan fingerprint density at radius 2 is 1.35 bits per heavy atom. The summed E-state index contributed by atoms with van der Waals surface area (Å²) >= 11 is 0. The number of hydrogen-bond acceptors (Lipinski definition) is 2. The van der Waals surface area contributed by atoms with E-state index >= 15 is 0 Å². The summed E-state index contributed by atoms with van der Waals surface area (Å²) in [5.74, 6) is -0.226. The number of carboxylic acid groups (broad SMARTS) is 2. The van der Waals surface area contributed by atoms with Crippen molar-refractivity contribution in [2.45, 2.75) is 64.2 Å². The summed E-state index contributed by atoms with van der Waals surface area (Å²) in [4.78, 5) is 22.3. The number of rotatable bonds is 4. The van der Waals surface area contributed by atoms with Gasteiger partial charge in [-0.3, -0.25) is 9.59 Å². The van der Waals surface area contributed by atoms with E-state index in [9.17, 15) is 14.7 Å². The topological polar surface area (TPSA) is 74.6 Å². The molecule has 4 fully saturated rings. The highest BCUT2D eigenvalue weighted by Gasteiger charge is 2.53. The lowest BCUT2D eigenvalue weighted by atomic mass is 9.48. The molecule has 0 radical (unpaired) electrons. The zero-order valence-corrected chi connectivity index (χ0v) is 11.9. The SMILES string of the molecule is O=C(O)CC12CC(C1)C[C@@]1(CC(=O)O)CCC[C@H](C2)C1. The molecule has 4 saturated carbocycles. The second-order valence-electron chi connectivity index (χ2n) is 7.79. The van der Waals surface area contributed by atoms with Gasteiger partial charge in [0.1, 0.15) is 0 Å². The molecule has 20 heavy (non-hydrogen) atoms. The van der Waals surface area contributed by atoms with Crippen LogP contribution in [0.2, 0.25) is 0 Å². The van der Waals surface area contributed by atoms with Crippen molar-refractivity contribution in [1.82, 2.24) is 0 Å². The van der Waals surface area contributed by atoms with Gasteiger partial charge in [0.25, 0.3) is 0 Å². The molecule has 0 unspecified atom stereocenters. The zero-order valence-electron chi connectivity index (χ0n) is 11.9. The van der Waals surface area contributed by atoms with Crippen LogP contribution in [0.5, 0.6) is 0 Å². The highest BCUT2D eigenvalue weighted by Crippen LogP contribution is 2.62. The van der Waals surface area contributed by atoms with E-state index in [4.69, 9.17) is 5.11 Å². The third-order valence-electron chi connectivity index (χ3n) is 5.98. The van der Waals surface area contributed by atoms with Gasteiger partial charge in [-0.05, 0) is 61.2 Å². The minimum Gasteiger partial charge on any atom is -0.481 e. The molecule has 0 aromatic heterocycles. The van der Waals surface area contributed by atoms with Crippen LogP contribution in [0, 0.1) is 22.7 Å². The van der Waals surface area contributed by atoms with Gasteiger partial charge in [-0.2, -0.15) is 0 Å². The van der Waals surface area contributed by atoms with Crippen LogP contribution in [0.4, 0.5) is 0 Å². The maximum Gasteiger partial charge on any atom is 0.303 e. The van der Waals surface area contributed by atoms with Crippen molar-refractivity contribution in [1.29, 1.82) is 0 Å². The van der Waals surface area contributed by atoms with Crippen molar-refractivity contribution in [3.63, 3.8) is 0 Å². The van der Waals surface area contributed by atoms with Crippen LogP contribution < -0.4 is 0 Å². The van der Waals surface area contributed by atoms with Crippen molar-refractivity contribution in [2.24, 2.45) is 22.7 Å². The minimum absolute atomic E-state index is 0.00915. The molecule has 4 rings (SSSR count). The number of carboxylic acids is 2. The first-order chi connectivity index (χ1) is 9.40. The Hall–Kier alpha value is -1.06. The second kappa shape index (κ2) is 4.74. The largest absolute Gasteiger partial charge is 0.481 e. The van der Waals surface area contributed by atoms with Crippen molar-refractivity contribution >= 4 is 11.9 Å². The molecule has 4 heteroatoms. The standard InChI is InChI=1S/C16H24O4/c17-13(18)9-15-3-1-2-11(4-15)5-16(10-14(19)20)7-12(6-15)8-16/h11-12H,1-10H2,(H,17,18)(H,19,20)/t11-,12?,15+,16?/m0/s1. The van der Waals surface area contributed by atoms with E-state index in [2.05, 4.69) is 0 Å². The lowest BCUT2D eigenvalue weighted by Gasteiger charge is -2.57. The van der Waals surface area contributed by atoms with Gasteiger partial charge in [0, 0.05) is 0 Å². The summed E-state index contributed by atoms with van der Waals surface area (Å²) in [6.07, 6.45) is 9.01. The Morgan fingerprint density at radius 1 is 0.850 bits per heavy atom. The van der Waals surface area contributed by atoms with Gasteiger partial charge < -0.3 is 10.2 Å². The zero-order chi connectivity index (χ0) is 14.4. The molecule has 112 valence electrons. The molecular weight excluding hydrogens is 256 g/mol. The molecule has 4 nitrogen and oxygen atoms in total. The summed E-state index contributed by atoms with van der Waals surface area (Å²) in [6, 6.07) is 0. The molecule has 2 atom stereocenters. The average Bonchev–Trinajstić information content (AvgIpc) is 2.23. The first-order valence-corrected chi connectivity index (χ1v) is 7.84.